The van der Waals surface area contributed by atoms with Crippen molar-refractivity contribution < 1.29 is 70.5 Å². The Morgan fingerprint density at radius 2 is 1.54 bits per heavy atom. The summed E-state index contributed by atoms with van der Waals surface area (Å²) in [7, 11) is 3.88. The minimum atomic E-state index is -1.94. The molecule has 6 amide bonds. The fraction of sp³-hybridized carbons (Fsp3) is 0.500. The third-order valence-corrected chi connectivity index (χ3v) is 14.1. The molecule has 5 aliphatic rings. The second-order valence-corrected chi connectivity index (χ2v) is 19.8. The lowest BCUT2D eigenvalue weighted by Gasteiger charge is -2.64. The molecule has 6 atom stereocenters. The monoisotopic (exact) mass is 995 g/mol. The average Bonchev–Trinajstić information content (AvgIpc) is 3.67. The van der Waals surface area contributed by atoms with Gasteiger partial charge in [-0.1, -0.05) is 31.5 Å². The van der Waals surface area contributed by atoms with Crippen LogP contribution in [0.3, 0.4) is 0 Å². The van der Waals surface area contributed by atoms with Crippen LogP contribution in [0.25, 0.3) is 0 Å². The minimum Gasteiger partial charge on any atom is -0.497 e. The van der Waals surface area contributed by atoms with Gasteiger partial charge in [-0.15, -0.1) is 0 Å². The Kier molecular flexibility index (Phi) is 14.7. The zero-order valence-corrected chi connectivity index (χ0v) is 41.3. The number of halogens is 3. The number of imide groups is 1. The molecule has 2 bridgehead atoms. The molecule has 22 heteroatoms. The second-order valence-electron chi connectivity index (χ2n) is 19.4. The molecule has 3 aliphatic carbocycles. The summed E-state index contributed by atoms with van der Waals surface area (Å²) in [5, 5.41) is 7.61. The number of urea groups is 1. The lowest BCUT2D eigenvalue weighted by atomic mass is 9.43. The van der Waals surface area contributed by atoms with E-state index in [0.29, 0.717) is 28.7 Å². The van der Waals surface area contributed by atoms with Gasteiger partial charge in [-0.2, -0.15) is 0 Å². The molecular weight excluding hydrogens is 939 g/mol. The summed E-state index contributed by atoms with van der Waals surface area (Å²) in [5.41, 5.74) is -2.11. The van der Waals surface area contributed by atoms with E-state index in [9.17, 15) is 24.0 Å². The highest BCUT2D eigenvalue weighted by Gasteiger charge is 2.68. The van der Waals surface area contributed by atoms with E-state index in [-0.39, 0.29) is 51.9 Å². The summed E-state index contributed by atoms with van der Waals surface area (Å²) in [6.45, 7) is 9.96. The summed E-state index contributed by atoms with van der Waals surface area (Å²) >= 11 is 6.82. The summed E-state index contributed by atoms with van der Waals surface area (Å²) in [5.74, 6) is -8.31. The molecule has 2 aliphatic heterocycles. The van der Waals surface area contributed by atoms with Crippen LogP contribution in [0, 0.1) is 28.9 Å². The third-order valence-electron chi connectivity index (χ3n) is 13.7. The van der Waals surface area contributed by atoms with Crippen molar-refractivity contribution in [2.45, 2.75) is 90.1 Å². The van der Waals surface area contributed by atoms with Gasteiger partial charge in [0.15, 0.2) is 17.3 Å². The van der Waals surface area contributed by atoms with E-state index in [1.807, 2.05) is 6.92 Å². The van der Waals surface area contributed by atoms with Crippen molar-refractivity contribution in [2.75, 3.05) is 53.4 Å². The smallest absolute Gasteiger partial charge is 0.482 e. The summed E-state index contributed by atoms with van der Waals surface area (Å²) < 4.78 is 71.8. The number of esters is 1. The minimum absolute atomic E-state index is 0.0772. The lowest BCUT2D eigenvalue weighted by molar-refractivity contribution is -0.199. The molecule has 2 heterocycles. The van der Waals surface area contributed by atoms with Gasteiger partial charge < -0.3 is 53.8 Å². The largest absolute Gasteiger partial charge is 0.497 e. The number of nitrogens with zero attached hydrogens (tertiary/aromatic N) is 2. The molecule has 8 rings (SSSR count). The molecule has 5 fully saturated rings. The summed E-state index contributed by atoms with van der Waals surface area (Å²) in [6, 6.07) is 6.50. The number of carbonyl (C=O) groups excluding carboxylic acids is 6. The number of nitrogens with one attached hydrogen (secondary N) is 3. The van der Waals surface area contributed by atoms with E-state index in [1.54, 1.807) is 45.0 Å². The van der Waals surface area contributed by atoms with Crippen LogP contribution in [0.5, 0.6) is 23.0 Å². The highest BCUT2D eigenvalue weighted by molar-refractivity contribution is 6.48. The molecule has 376 valence electrons. The second kappa shape index (κ2) is 19.9. The normalized spacial score (nSPS) is 22.2. The molecule has 2 saturated heterocycles. The van der Waals surface area contributed by atoms with Crippen molar-refractivity contribution in [1.82, 2.24) is 20.4 Å². The molecule has 0 aromatic heterocycles. The molecule has 3 aromatic rings. The van der Waals surface area contributed by atoms with Crippen molar-refractivity contribution in [2.24, 2.45) is 17.3 Å². The van der Waals surface area contributed by atoms with Crippen molar-refractivity contribution in [3.63, 3.8) is 0 Å². The number of benzene rings is 3. The van der Waals surface area contributed by atoms with Crippen molar-refractivity contribution in [1.29, 1.82) is 0 Å². The molecule has 3 saturated carbocycles. The first-order valence-corrected chi connectivity index (χ1v) is 23.0. The van der Waals surface area contributed by atoms with E-state index in [2.05, 4.69) is 29.8 Å². The molecule has 0 radical (unpaired) electrons. The average molecular weight is 996 g/mol. The first-order valence-electron chi connectivity index (χ1n) is 22.6. The van der Waals surface area contributed by atoms with Crippen LogP contribution in [0.15, 0.2) is 42.5 Å². The maximum atomic E-state index is 15.9. The van der Waals surface area contributed by atoms with Crippen molar-refractivity contribution >= 4 is 60.0 Å². The van der Waals surface area contributed by atoms with Gasteiger partial charge in [0.2, 0.25) is 11.8 Å². The number of carbonyl (C=O) groups is 6. The van der Waals surface area contributed by atoms with Gasteiger partial charge in [0.05, 0.1) is 51.1 Å². The fourth-order valence-electron chi connectivity index (χ4n) is 10.0. The van der Waals surface area contributed by atoms with E-state index >= 15 is 13.6 Å². The van der Waals surface area contributed by atoms with E-state index in [0.717, 1.165) is 23.5 Å². The first-order chi connectivity index (χ1) is 33.0. The zero-order chi connectivity index (χ0) is 51.2. The number of hydrogen-bond acceptors (Lipinski definition) is 13. The molecule has 18 nitrogen and oxygen atoms in total. The number of anilines is 1. The van der Waals surface area contributed by atoms with E-state index in [1.165, 1.54) is 34.5 Å². The van der Waals surface area contributed by atoms with Crippen LogP contribution in [0.1, 0.15) is 81.9 Å². The molecule has 0 spiro atoms. The lowest BCUT2D eigenvalue weighted by Crippen LogP contribution is -2.65. The number of methoxy groups -OCH3 is 4. The van der Waals surface area contributed by atoms with Gasteiger partial charge in [0, 0.05) is 24.3 Å². The quantitative estimate of drug-likeness (QED) is 0.0955. The third kappa shape index (κ3) is 9.92. The van der Waals surface area contributed by atoms with Gasteiger partial charge in [0.1, 0.15) is 41.1 Å². The van der Waals surface area contributed by atoms with Crippen LogP contribution in [-0.4, -0.2) is 124 Å². The van der Waals surface area contributed by atoms with Crippen LogP contribution in [-0.2, 0) is 39.6 Å². The van der Waals surface area contributed by atoms with E-state index < -0.39 is 108 Å². The van der Waals surface area contributed by atoms with Gasteiger partial charge in [-0.3, -0.25) is 24.1 Å². The molecule has 3 N–H and O–H groups in total. The molecule has 1 unspecified atom stereocenters. The number of rotatable bonds is 15. The number of amides is 6. The number of ether oxygens (including phenoxy) is 5. The summed E-state index contributed by atoms with van der Waals surface area (Å²) in [6.07, 6.45) is 0.918. The number of hydrogen-bond donors (Lipinski definition) is 3. The molecule has 70 heavy (non-hydrogen) atoms. The van der Waals surface area contributed by atoms with Crippen LogP contribution in [0.4, 0.5) is 19.3 Å². The van der Waals surface area contributed by atoms with Gasteiger partial charge in [-0.05, 0) is 106 Å². The predicted octanol–water partition coefficient (Wildman–Crippen LogP) is 5.66. The molecular formula is C48H57BClF2N5O13. The van der Waals surface area contributed by atoms with Gasteiger partial charge in [0.25, 0.3) is 0 Å². The summed E-state index contributed by atoms with van der Waals surface area (Å²) in [4.78, 5) is 84.2. The Hall–Kier alpha value is -6.19. The maximum Gasteiger partial charge on any atom is 0.482 e. The first kappa shape index (κ1) is 51.7. The van der Waals surface area contributed by atoms with Crippen LogP contribution >= 0.6 is 11.6 Å². The van der Waals surface area contributed by atoms with Crippen LogP contribution in [0.2, 0.25) is 5.02 Å². The highest BCUT2D eigenvalue weighted by atomic mass is 35.5. The highest BCUT2D eigenvalue weighted by Crippen LogP contribution is 2.66. The Bertz CT molecular complexity index is 2580. The van der Waals surface area contributed by atoms with Crippen molar-refractivity contribution in [3.05, 3.63) is 75.8 Å². The van der Waals surface area contributed by atoms with Gasteiger partial charge >= 0.3 is 30.9 Å². The topological polar surface area (TPSA) is 210 Å². The standard InChI is InChI=1S/C48H57BClF2N5O13/c1-46(2,3)68-44(62)35-29(51)16-11-24(38(35)65-8)19-33(49-69-32-21-25-20-31(47(25,4)5)48(32,6)70-49)54-41(59)37(28-22-30(52)39(66-9)40(67-10)36(28)50)55-45(63)57-18-17-56(42(60)43(57)61)23-34(58)53-26-12-14-27(64-7)15-13-26/h11-16,22,25,31-33,37H,17-21,23H2,1-10H3,(H,53,58)(H,54,59)(H,55,63)/t25-,31-,32+,33-,37?,48-/m0/s1. The number of piperazine rings is 1. The maximum absolute atomic E-state index is 15.9. The fourth-order valence-corrected chi connectivity index (χ4v) is 10.4. The van der Waals surface area contributed by atoms with Gasteiger partial charge in [-0.25, -0.2) is 18.4 Å². The molecule has 3 aromatic carbocycles. The zero-order valence-electron chi connectivity index (χ0n) is 40.6. The Morgan fingerprint density at radius 3 is 2.16 bits per heavy atom. The Labute approximate surface area is 409 Å². The Morgan fingerprint density at radius 1 is 0.871 bits per heavy atom. The Balaban J connectivity index is 1.21. The predicted molar refractivity (Wildman–Crippen MR) is 250 cm³/mol. The SMILES string of the molecule is COc1ccc(NC(=O)CN2CCN(C(=O)NC(C(=O)N[C@@H](Cc3ccc(F)c(C(=O)OC(C)(C)C)c3OC)B3O[C@@H]4C[C@@H]5C[C@@H](C5(C)C)[C@]4(C)O3)c3cc(F)c(OC)c(OC)c3Cl)C(=O)C2=O)cc1. The van der Waals surface area contributed by atoms with Crippen molar-refractivity contribution in [3.8, 4) is 23.0 Å². The van der Waals surface area contributed by atoms with E-state index in [4.69, 9.17) is 44.6 Å². The van der Waals surface area contributed by atoms with Crippen LogP contribution < -0.4 is 34.9 Å².